The van der Waals surface area contributed by atoms with Crippen molar-refractivity contribution < 1.29 is 35.5 Å². The third kappa shape index (κ3) is 3.87. The maximum absolute atomic E-state index is 14.3. The zero-order valence-corrected chi connectivity index (χ0v) is 14.2. The first-order chi connectivity index (χ1) is 11.5. The van der Waals surface area contributed by atoms with E-state index in [0.717, 1.165) is 13.0 Å². The summed E-state index contributed by atoms with van der Waals surface area (Å²) in [5.41, 5.74) is -6.79. The predicted octanol–water partition coefficient (Wildman–Crippen LogP) is 2.18. The van der Waals surface area contributed by atoms with Crippen LogP contribution in [0.2, 0.25) is 0 Å². The first-order valence-corrected chi connectivity index (χ1v) is 8.70. The van der Waals surface area contributed by atoms with E-state index in [1.165, 1.54) is 16.5 Å². The van der Waals surface area contributed by atoms with Crippen molar-refractivity contribution in [1.29, 1.82) is 0 Å². The van der Waals surface area contributed by atoms with Gasteiger partial charge in [0.1, 0.15) is 5.82 Å². The molecule has 1 fully saturated rings. The average Bonchev–Trinajstić information content (AvgIpc) is 2.54. The molecular formula is C14H16F4N2O4S. The molecule has 0 spiro atoms. The predicted molar refractivity (Wildman–Crippen MR) is 81.2 cm³/mol. The largest absolute Gasteiger partial charge is 0.516 e. The van der Waals surface area contributed by atoms with Gasteiger partial charge in [0.2, 0.25) is 0 Å². The van der Waals surface area contributed by atoms with Crippen molar-refractivity contribution in [3.05, 3.63) is 28.6 Å². The van der Waals surface area contributed by atoms with E-state index in [1.807, 2.05) is 0 Å². The maximum Gasteiger partial charge on any atom is 0.516 e. The van der Waals surface area contributed by atoms with E-state index in [1.54, 1.807) is 0 Å². The molecule has 1 aromatic carbocycles. The number of ether oxygens (including phenoxy) is 1. The van der Waals surface area contributed by atoms with Gasteiger partial charge in [-0.05, 0) is 25.5 Å². The molecule has 0 atom stereocenters. The zero-order valence-electron chi connectivity index (χ0n) is 13.4. The molecule has 0 saturated carbocycles. The number of benzene rings is 1. The van der Waals surface area contributed by atoms with E-state index in [-0.39, 0.29) is 43.0 Å². The summed E-state index contributed by atoms with van der Waals surface area (Å²) in [7, 11) is -5.73. The van der Waals surface area contributed by atoms with Gasteiger partial charge < -0.3 is 9.64 Å². The van der Waals surface area contributed by atoms with Crippen LogP contribution in [-0.2, 0) is 14.8 Å². The van der Waals surface area contributed by atoms with Crippen LogP contribution in [0.1, 0.15) is 21.5 Å². The maximum atomic E-state index is 14.3. The number of hydrogen-bond donors (Lipinski definition) is 1. The lowest BCUT2D eigenvalue weighted by Crippen LogP contribution is -2.41. The van der Waals surface area contributed by atoms with Crippen LogP contribution in [0.5, 0.6) is 0 Å². The number of hydrogen-bond acceptors (Lipinski definition) is 4. The Hall–Kier alpha value is -1.88. The second-order valence-electron chi connectivity index (χ2n) is 5.49. The number of carbonyl (C=O) groups is 1. The average molecular weight is 384 g/mol. The number of alkyl halides is 3. The van der Waals surface area contributed by atoms with Crippen molar-refractivity contribution in [1.82, 2.24) is 4.90 Å². The standard InChI is InChI=1S/C14H16F4N2O4S/c1-8-10(13(21)20-3-5-24-6-4-20)7-11(9(2)12(8)15)19-25(22,23)14(16,17)18/h7,19H,3-6H2,1-2H3. The minimum absolute atomic E-state index is 0.0658. The quantitative estimate of drug-likeness (QED) is 0.811. The highest BCUT2D eigenvalue weighted by Crippen LogP contribution is 2.30. The molecule has 6 nitrogen and oxygen atoms in total. The topological polar surface area (TPSA) is 75.7 Å². The molecular weight excluding hydrogens is 368 g/mol. The lowest BCUT2D eigenvalue weighted by molar-refractivity contribution is -0.0429. The Morgan fingerprint density at radius 1 is 1.20 bits per heavy atom. The highest BCUT2D eigenvalue weighted by molar-refractivity contribution is 7.93. The number of nitrogens with one attached hydrogen (secondary N) is 1. The third-order valence-electron chi connectivity index (χ3n) is 3.83. The molecule has 1 saturated heterocycles. The zero-order chi connectivity index (χ0) is 19.0. The number of amides is 1. The molecule has 140 valence electrons. The fourth-order valence-electron chi connectivity index (χ4n) is 2.35. The fourth-order valence-corrected chi connectivity index (χ4v) is 2.96. The Bertz CT molecular complexity index is 787. The van der Waals surface area contributed by atoms with Gasteiger partial charge in [-0.3, -0.25) is 9.52 Å². The Labute approximate surface area is 141 Å². The molecule has 1 N–H and O–H groups in total. The van der Waals surface area contributed by atoms with E-state index in [4.69, 9.17) is 4.74 Å². The minimum atomic E-state index is -5.73. The molecule has 1 aromatic rings. The van der Waals surface area contributed by atoms with Gasteiger partial charge in [-0.25, -0.2) is 4.39 Å². The highest BCUT2D eigenvalue weighted by Gasteiger charge is 2.46. The van der Waals surface area contributed by atoms with Crippen LogP contribution in [0.25, 0.3) is 0 Å². The molecule has 0 bridgehead atoms. The number of anilines is 1. The van der Waals surface area contributed by atoms with E-state index < -0.39 is 32.9 Å². The highest BCUT2D eigenvalue weighted by atomic mass is 32.2. The Kier molecular flexibility index (Phi) is 5.28. The SMILES string of the molecule is Cc1c(NS(=O)(=O)C(F)(F)F)cc(C(=O)N2CCOCC2)c(C)c1F. The van der Waals surface area contributed by atoms with Gasteiger partial charge in [-0.15, -0.1) is 0 Å². The lowest BCUT2D eigenvalue weighted by Gasteiger charge is -2.28. The number of halogens is 4. The summed E-state index contributed by atoms with van der Waals surface area (Å²) in [6.07, 6.45) is 0. The summed E-state index contributed by atoms with van der Waals surface area (Å²) in [4.78, 5) is 13.9. The summed E-state index contributed by atoms with van der Waals surface area (Å²) in [5.74, 6) is -1.55. The number of carbonyl (C=O) groups excluding carboxylic acids is 1. The normalized spacial score (nSPS) is 16.0. The van der Waals surface area contributed by atoms with Crippen LogP contribution in [0.4, 0.5) is 23.2 Å². The van der Waals surface area contributed by atoms with E-state index >= 15 is 0 Å². The molecule has 0 aliphatic carbocycles. The second-order valence-corrected chi connectivity index (χ2v) is 7.17. The van der Waals surface area contributed by atoms with Gasteiger partial charge >= 0.3 is 15.5 Å². The Morgan fingerprint density at radius 3 is 2.28 bits per heavy atom. The molecule has 2 rings (SSSR count). The van der Waals surface area contributed by atoms with Crippen LogP contribution in [0.15, 0.2) is 6.07 Å². The molecule has 0 aromatic heterocycles. The summed E-state index contributed by atoms with van der Waals surface area (Å²) in [5, 5.41) is 0. The smallest absolute Gasteiger partial charge is 0.378 e. The molecule has 25 heavy (non-hydrogen) atoms. The Balaban J connectivity index is 2.46. The first kappa shape index (κ1) is 19.4. The lowest BCUT2D eigenvalue weighted by atomic mass is 10.0. The van der Waals surface area contributed by atoms with Crippen LogP contribution >= 0.6 is 0 Å². The van der Waals surface area contributed by atoms with Crippen LogP contribution < -0.4 is 4.72 Å². The monoisotopic (exact) mass is 384 g/mol. The number of morpholine rings is 1. The fraction of sp³-hybridized carbons (Fsp3) is 0.500. The van der Waals surface area contributed by atoms with E-state index in [0.29, 0.717) is 0 Å². The first-order valence-electron chi connectivity index (χ1n) is 7.21. The number of nitrogens with zero attached hydrogens (tertiary/aromatic N) is 1. The summed E-state index contributed by atoms with van der Waals surface area (Å²) in [6, 6.07) is 0.925. The molecule has 1 heterocycles. The molecule has 0 radical (unpaired) electrons. The van der Waals surface area contributed by atoms with Crippen molar-refractivity contribution in [2.75, 3.05) is 31.0 Å². The van der Waals surface area contributed by atoms with Crippen LogP contribution in [-0.4, -0.2) is 51.0 Å². The van der Waals surface area contributed by atoms with Crippen LogP contribution in [0, 0.1) is 19.7 Å². The molecule has 1 amide bonds. The van der Waals surface area contributed by atoms with Crippen molar-refractivity contribution in [2.45, 2.75) is 19.4 Å². The molecule has 11 heteroatoms. The van der Waals surface area contributed by atoms with E-state index in [9.17, 15) is 30.8 Å². The second kappa shape index (κ2) is 6.79. The van der Waals surface area contributed by atoms with Gasteiger partial charge in [0, 0.05) is 24.2 Å². The molecule has 1 aliphatic heterocycles. The molecule has 1 aliphatic rings. The summed E-state index contributed by atoms with van der Waals surface area (Å²) in [6.45, 7) is 3.49. The van der Waals surface area contributed by atoms with Gasteiger partial charge in [-0.2, -0.15) is 21.6 Å². The number of rotatable bonds is 3. The van der Waals surface area contributed by atoms with Crippen molar-refractivity contribution in [2.24, 2.45) is 0 Å². The minimum Gasteiger partial charge on any atom is -0.378 e. The number of sulfonamides is 1. The Morgan fingerprint density at radius 2 is 1.76 bits per heavy atom. The van der Waals surface area contributed by atoms with Gasteiger partial charge in [-0.1, -0.05) is 0 Å². The third-order valence-corrected chi connectivity index (χ3v) is 4.93. The van der Waals surface area contributed by atoms with Gasteiger partial charge in [0.25, 0.3) is 5.91 Å². The van der Waals surface area contributed by atoms with Gasteiger partial charge in [0.05, 0.1) is 18.9 Å². The van der Waals surface area contributed by atoms with Crippen molar-refractivity contribution in [3.8, 4) is 0 Å². The van der Waals surface area contributed by atoms with Crippen LogP contribution in [0.3, 0.4) is 0 Å². The van der Waals surface area contributed by atoms with Gasteiger partial charge in [0.15, 0.2) is 0 Å². The van der Waals surface area contributed by atoms with E-state index in [2.05, 4.69) is 0 Å². The van der Waals surface area contributed by atoms with Crippen molar-refractivity contribution in [3.63, 3.8) is 0 Å². The summed E-state index contributed by atoms with van der Waals surface area (Å²) >= 11 is 0. The molecule has 0 unspecified atom stereocenters. The summed E-state index contributed by atoms with van der Waals surface area (Å²) < 4.78 is 81.0. The van der Waals surface area contributed by atoms with Crippen molar-refractivity contribution >= 4 is 21.6 Å².